The minimum absolute atomic E-state index is 0.140. The predicted molar refractivity (Wildman–Crippen MR) is 117 cm³/mol. The van der Waals surface area contributed by atoms with Crippen LogP contribution in [0.3, 0.4) is 0 Å². The minimum Gasteiger partial charge on any atom is -0.376 e. The number of rotatable bonds is 6. The summed E-state index contributed by atoms with van der Waals surface area (Å²) >= 11 is 3.36. The fraction of sp³-hybridized carbons (Fsp3) is 0.0909. The second-order valence-electron chi connectivity index (χ2n) is 6.31. The van der Waals surface area contributed by atoms with Crippen LogP contribution in [0, 0.1) is 6.92 Å². The Bertz CT molecular complexity index is 970. The second-order valence-corrected chi connectivity index (χ2v) is 7.23. The molecule has 0 unspecified atom stereocenters. The summed E-state index contributed by atoms with van der Waals surface area (Å²) < 4.78 is 0.957. The molecule has 0 saturated heterocycles. The number of amides is 2. The summed E-state index contributed by atoms with van der Waals surface area (Å²) in [6, 6.07) is 22.0. The number of hydrogen-bond acceptors (Lipinski definition) is 3. The molecule has 0 atom stereocenters. The fourth-order valence-electron chi connectivity index (χ4n) is 2.58. The van der Waals surface area contributed by atoms with Crippen molar-refractivity contribution in [1.29, 1.82) is 0 Å². The molecule has 0 fully saturated rings. The maximum Gasteiger partial charge on any atom is 0.255 e. The molecule has 0 spiro atoms. The van der Waals surface area contributed by atoms with Crippen LogP contribution in [0.4, 0.5) is 17.1 Å². The van der Waals surface area contributed by atoms with Crippen LogP contribution in [0.1, 0.15) is 15.9 Å². The van der Waals surface area contributed by atoms with Gasteiger partial charge in [0.15, 0.2) is 0 Å². The van der Waals surface area contributed by atoms with Gasteiger partial charge >= 0.3 is 0 Å². The number of benzene rings is 3. The van der Waals surface area contributed by atoms with Crippen LogP contribution in [0.2, 0.25) is 0 Å². The van der Waals surface area contributed by atoms with E-state index in [1.54, 1.807) is 18.2 Å². The third-order valence-corrected chi connectivity index (χ3v) is 4.53. The number of anilines is 3. The summed E-state index contributed by atoms with van der Waals surface area (Å²) in [6.07, 6.45) is 0. The van der Waals surface area contributed by atoms with E-state index in [4.69, 9.17) is 0 Å². The predicted octanol–water partition coefficient (Wildman–Crippen LogP) is 5.06. The van der Waals surface area contributed by atoms with Crippen molar-refractivity contribution in [2.75, 3.05) is 22.5 Å². The third-order valence-electron chi connectivity index (χ3n) is 4.00. The smallest absolute Gasteiger partial charge is 0.255 e. The molecule has 0 bridgehead atoms. The van der Waals surface area contributed by atoms with E-state index in [2.05, 4.69) is 31.9 Å². The molecule has 5 nitrogen and oxygen atoms in total. The summed E-state index contributed by atoms with van der Waals surface area (Å²) in [5.74, 6) is -0.294. The molecule has 0 heterocycles. The molecule has 3 rings (SSSR count). The van der Waals surface area contributed by atoms with Gasteiger partial charge in [-0.15, -0.1) is 0 Å². The van der Waals surface area contributed by atoms with Crippen molar-refractivity contribution in [3.05, 3.63) is 88.4 Å². The van der Waals surface area contributed by atoms with Gasteiger partial charge in [0, 0.05) is 27.1 Å². The highest BCUT2D eigenvalue weighted by molar-refractivity contribution is 9.10. The van der Waals surface area contributed by atoms with Crippen molar-refractivity contribution in [3.63, 3.8) is 0 Å². The molecule has 0 radical (unpaired) electrons. The van der Waals surface area contributed by atoms with Crippen molar-refractivity contribution in [1.82, 2.24) is 0 Å². The molecule has 0 aromatic heterocycles. The third kappa shape index (κ3) is 5.69. The first kappa shape index (κ1) is 19.6. The van der Waals surface area contributed by atoms with Gasteiger partial charge < -0.3 is 16.0 Å². The average molecular weight is 438 g/mol. The summed E-state index contributed by atoms with van der Waals surface area (Å²) in [5, 5.41) is 8.75. The van der Waals surface area contributed by atoms with Gasteiger partial charge in [-0.3, -0.25) is 9.59 Å². The Balaban J connectivity index is 1.50. The van der Waals surface area contributed by atoms with E-state index >= 15 is 0 Å². The van der Waals surface area contributed by atoms with Gasteiger partial charge in [-0.1, -0.05) is 33.6 Å². The molecular weight excluding hydrogens is 418 g/mol. The lowest BCUT2D eigenvalue weighted by Gasteiger charge is -2.10. The van der Waals surface area contributed by atoms with Crippen LogP contribution >= 0.6 is 15.9 Å². The maximum absolute atomic E-state index is 12.3. The van der Waals surface area contributed by atoms with Gasteiger partial charge in [0.25, 0.3) is 5.91 Å². The van der Waals surface area contributed by atoms with Crippen LogP contribution in [0.25, 0.3) is 0 Å². The number of hydrogen-bond donors (Lipinski definition) is 3. The summed E-state index contributed by atoms with van der Waals surface area (Å²) in [6.45, 7) is 2.09. The van der Waals surface area contributed by atoms with E-state index in [-0.39, 0.29) is 18.4 Å². The van der Waals surface area contributed by atoms with Gasteiger partial charge in [0.05, 0.1) is 6.54 Å². The Labute approximate surface area is 172 Å². The fourth-order valence-corrected chi connectivity index (χ4v) is 2.85. The maximum atomic E-state index is 12.3. The second kappa shape index (κ2) is 9.19. The highest BCUT2D eigenvalue weighted by Gasteiger charge is 2.06. The molecule has 142 valence electrons. The minimum atomic E-state index is -0.154. The quantitative estimate of drug-likeness (QED) is 0.504. The van der Waals surface area contributed by atoms with Crippen molar-refractivity contribution in [2.45, 2.75) is 6.92 Å². The van der Waals surface area contributed by atoms with E-state index in [9.17, 15) is 9.59 Å². The van der Waals surface area contributed by atoms with Crippen LogP contribution < -0.4 is 16.0 Å². The molecule has 2 amide bonds. The Morgan fingerprint density at radius 1 is 0.821 bits per heavy atom. The highest BCUT2D eigenvalue weighted by Crippen LogP contribution is 2.16. The Hall–Kier alpha value is -3.12. The first-order valence-electron chi connectivity index (χ1n) is 8.77. The normalized spacial score (nSPS) is 10.2. The lowest BCUT2D eigenvalue weighted by Crippen LogP contribution is -2.21. The van der Waals surface area contributed by atoms with Crippen LogP contribution in [-0.2, 0) is 4.79 Å². The lowest BCUT2D eigenvalue weighted by atomic mass is 10.1. The molecule has 0 aliphatic carbocycles. The van der Waals surface area contributed by atoms with Crippen molar-refractivity contribution in [2.24, 2.45) is 0 Å². The number of halogens is 1. The van der Waals surface area contributed by atoms with Crippen molar-refractivity contribution < 1.29 is 9.59 Å². The molecule has 3 aromatic rings. The topological polar surface area (TPSA) is 70.2 Å². The first-order valence-corrected chi connectivity index (χ1v) is 9.56. The molecule has 0 saturated carbocycles. The van der Waals surface area contributed by atoms with Gasteiger partial charge in [-0.2, -0.15) is 0 Å². The van der Waals surface area contributed by atoms with Crippen LogP contribution in [-0.4, -0.2) is 18.4 Å². The standard InChI is InChI=1S/C22H20BrN3O2/c1-15-3-2-4-16(13-15)22(28)26-20-11-9-18(10-12-20)24-14-21(27)25-19-7-5-17(23)6-8-19/h2-13,24H,14H2,1H3,(H,25,27)(H,26,28). The number of carbonyl (C=O) groups excluding carboxylic acids is 2. The van der Waals surface area contributed by atoms with E-state index in [1.165, 1.54) is 0 Å². The van der Waals surface area contributed by atoms with Crippen LogP contribution in [0.5, 0.6) is 0 Å². The molecular formula is C22H20BrN3O2. The Morgan fingerprint density at radius 2 is 1.43 bits per heavy atom. The van der Waals surface area contributed by atoms with E-state index in [1.807, 2.05) is 61.5 Å². The Kier molecular flexibility index (Phi) is 6.45. The molecule has 3 aromatic carbocycles. The molecule has 3 N–H and O–H groups in total. The number of aryl methyl sites for hydroxylation is 1. The zero-order valence-corrected chi connectivity index (χ0v) is 16.9. The number of nitrogens with one attached hydrogen (secondary N) is 3. The monoisotopic (exact) mass is 437 g/mol. The molecule has 6 heteroatoms. The highest BCUT2D eigenvalue weighted by atomic mass is 79.9. The first-order chi connectivity index (χ1) is 13.5. The Morgan fingerprint density at radius 3 is 2.11 bits per heavy atom. The zero-order chi connectivity index (χ0) is 19.9. The summed E-state index contributed by atoms with van der Waals surface area (Å²) in [7, 11) is 0. The zero-order valence-electron chi connectivity index (χ0n) is 15.3. The summed E-state index contributed by atoms with van der Waals surface area (Å²) in [4.78, 5) is 24.3. The molecule has 0 aliphatic heterocycles. The number of carbonyl (C=O) groups is 2. The molecule has 0 aliphatic rings. The SMILES string of the molecule is Cc1cccc(C(=O)Nc2ccc(NCC(=O)Nc3ccc(Br)cc3)cc2)c1. The lowest BCUT2D eigenvalue weighted by molar-refractivity contribution is -0.114. The van der Waals surface area contributed by atoms with Gasteiger partial charge in [-0.05, 0) is 67.6 Å². The molecule has 28 heavy (non-hydrogen) atoms. The van der Waals surface area contributed by atoms with E-state index in [0.29, 0.717) is 11.3 Å². The summed E-state index contributed by atoms with van der Waals surface area (Å²) in [5.41, 5.74) is 3.88. The van der Waals surface area contributed by atoms with Crippen molar-refractivity contribution in [3.8, 4) is 0 Å². The van der Waals surface area contributed by atoms with E-state index in [0.717, 1.165) is 21.4 Å². The van der Waals surface area contributed by atoms with Crippen molar-refractivity contribution >= 4 is 44.8 Å². The average Bonchev–Trinajstić information content (AvgIpc) is 2.69. The van der Waals surface area contributed by atoms with Gasteiger partial charge in [0.1, 0.15) is 0 Å². The van der Waals surface area contributed by atoms with Crippen LogP contribution in [0.15, 0.2) is 77.3 Å². The van der Waals surface area contributed by atoms with Gasteiger partial charge in [0.2, 0.25) is 5.91 Å². The van der Waals surface area contributed by atoms with Gasteiger partial charge in [-0.25, -0.2) is 0 Å². The van der Waals surface area contributed by atoms with E-state index < -0.39 is 0 Å². The largest absolute Gasteiger partial charge is 0.376 e.